The lowest BCUT2D eigenvalue weighted by molar-refractivity contribution is -0.0222. The highest BCUT2D eigenvalue weighted by Gasteiger charge is 2.39. The van der Waals surface area contributed by atoms with E-state index in [2.05, 4.69) is 19.9 Å². The van der Waals surface area contributed by atoms with Gasteiger partial charge in [0.25, 0.3) is 11.8 Å². The van der Waals surface area contributed by atoms with Crippen molar-refractivity contribution in [2.75, 3.05) is 31.1 Å². The van der Waals surface area contributed by atoms with Crippen LogP contribution in [0.2, 0.25) is 0 Å². The van der Waals surface area contributed by atoms with Gasteiger partial charge < -0.3 is 14.8 Å². The Hall–Kier alpha value is -3.10. The Kier molecular flexibility index (Phi) is 4.18. The van der Waals surface area contributed by atoms with Gasteiger partial charge in [0.1, 0.15) is 0 Å². The lowest BCUT2D eigenvalue weighted by Crippen LogP contribution is -2.50. The summed E-state index contributed by atoms with van der Waals surface area (Å²) in [5.74, 6) is -1.74. The number of alkyl halides is 2. The highest BCUT2D eigenvalue weighted by atomic mass is 19.3. The molecular formula is C20H20F2N6O. The molecule has 0 saturated carbocycles. The second kappa shape index (κ2) is 6.75. The number of nitrogens with one attached hydrogen (secondary N) is 1. The van der Waals surface area contributed by atoms with Crippen molar-refractivity contribution >= 4 is 22.8 Å². The van der Waals surface area contributed by atoms with Crippen LogP contribution in [0.3, 0.4) is 0 Å². The number of nitrogens with zero attached hydrogens (tertiary/aromatic N) is 5. The average molecular weight is 398 g/mol. The molecule has 0 radical (unpaired) electrons. The summed E-state index contributed by atoms with van der Waals surface area (Å²) in [5, 5.41) is 0. The van der Waals surface area contributed by atoms with Crippen LogP contribution >= 0.6 is 0 Å². The van der Waals surface area contributed by atoms with Crippen molar-refractivity contribution in [1.29, 1.82) is 0 Å². The molecule has 1 amide bonds. The normalized spacial score (nSPS) is 19.4. The monoisotopic (exact) mass is 398 g/mol. The van der Waals surface area contributed by atoms with Gasteiger partial charge in [-0.15, -0.1) is 0 Å². The minimum atomic E-state index is -2.61. The second-order valence-corrected chi connectivity index (χ2v) is 7.62. The molecule has 1 N–H and O–H groups in total. The summed E-state index contributed by atoms with van der Waals surface area (Å²) in [6, 6.07) is 7.51. The van der Waals surface area contributed by atoms with Gasteiger partial charge in [0.15, 0.2) is 11.6 Å². The fourth-order valence-corrected chi connectivity index (χ4v) is 3.94. The van der Waals surface area contributed by atoms with E-state index in [1.807, 2.05) is 29.2 Å². The molecule has 0 spiro atoms. The first-order valence-electron chi connectivity index (χ1n) is 9.68. The van der Waals surface area contributed by atoms with E-state index >= 15 is 0 Å². The number of halogens is 2. The Bertz CT molecular complexity index is 1020. The SMILES string of the molecule is O=C(c1nc2ccccc2[nH]1)N1CC(c2nccnc2N2CCC(F)(F)CC2)C1. The minimum absolute atomic E-state index is 0.0365. The van der Waals surface area contributed by atoms with Crippen molar-refractivity contribution in [3.63, 3.8) is 0 Å². The van der Waals surface area contributed by atoms with Gasteiger partial charge in [0.2, 0.25) is 0 Å². The lowest BCUT2D eigenvalue weighted by atomic mass is 9.94. The Balaban J connectivity index is 1.29. The molecule has 4 heterocycles. The van der Waals surface area contributed by atoms with Crippen molar-refractivity contribution in [3.8, 4) is 0 Å². The standard InChI is InChI=1S/C20H20F2N6O/c21-20(22)5-9-27(10-6-20)18-16(23-7-8-24-18)13-11-28(12-13)19(29)17-25-14-3-1-2-4-15(14)26-17/h1-4,7-8,13H,5-6,9-12H2,(H,25,26). The number of hydrogen-bond acceptors (Lipinski definition) is 5. The summed E-state index contributed by atoms with van der Waals surface area (Å²) in [6.07, 6.45) is 2.84. The lowest BCUT2D eigenvalue weighted by Gasteiger charge is -2.40. The van der Waals surface area contributed by atoms with Crippen LogP contribution in [0.15, 0.2) is 36.7 Å². The highest BCUT2D eigenvalue weighted by molar-refractivity contribution is 5.94. The van der Waals surface area contributed by atoms with E-state index in [4.69, 9.17) is 0 Å². The molecule has 150 valence electrons. The number of fused-ring (bicyclic) bond motifs is 1. The van der Waals surface area contributed by atoms with Crippen molar-refractivity contribution in [3.05, 3.63) is 48.2 Å². The van der Waals surface area contributed by atoms with Crippen molar-refractivity contribution in [2.45, 2.75) is 24.7 Å². The van der Waals surface area contributed by atoms with Crippen LogP contribution in [0.1, 0.15) is 35.1 Å². The van der Waals surface area contributed by atoms with Crippen LogP contribution in [0.5, 0.6) is 0 Å². The number of benzene rings is 1. The molecule has 29 heavy (non-hydrogen) atoms. The number of carbonyl (C=O) groups excluding carboxylic acids is 1. The zero-order valence-electron chi connectivity index (χ0n) is 15.7. The quantitative estimate of drug-likeness (QED) is 0.734. The first-order valence-corrected chi connectivity index (χ1v) is 9.68. The van der Waals surface area contributed by atoms with Crippen LogP contribution in [-0.4, -0.2) is 62.8 Å². The summed E-state index contributed by atoms with van der Waals surface area (Å²) < 4.78 is 27.0. The third-order valence-electron chi connectivity index (χ3n) is 5.65. The number of H-pyrrole nitrogens is 1. The van der Waals surface area contributed by atoms with Crippen molar-refractivity contribution in [2.24, 2.45) is 0 Å². The summed E-state index contributed by atoms with van der Waals surface area (Å²) in [5.41, 5.74) is 2.35. The number of aromatic amines is 1. The molecule has 9 heteroatoms. The van der Waals surface area contributed by atoms with E-state index in [-0.39, 0.29) is 37.8 Å². The van der Waals surface area contributed by atoms with Gasteiger partial charge in [-0.3, -0.25) is 9.78 Å². The molecule has 2 fully saturated rings. The Morgan fingerprint density at radius 1 is 1.10 bits per heavy atom. The predicted octanol–water partition coefficient (Wildman–Crippen LogP) is 2.83. The molecule has 7 nitrogen and oxygen atoms in total. The molecule has 0 aliphatic carbocycles. The first-order chi connectivity index (χ1) is 14.0. The Labute approximate surface area is 165 Å². The second-order valence-electron chi connectivity index (χ2n) is 7.62. The number of rotatable bonds is 3. The average Bonchev–Trinajstić information content (AvgIpc) is 3.12. The van der Waals surface area contributed by atoms with E-state index in [1.54, 1.807) is 17.3 Å². The summed E-state index contributed by atoms with van der Waals surface area (Å²) in [4.78, 5) is 32.6. The molecule has 1 aromatic carbocycles. The number of likely N-dealkylation sites (tertiary alicyclic amines) is 1. The van der Waals surface area contributed by atoms with Crippen LogP contribution in [0.25, 0.3) is 11.0 Å². The first kappa shape index (κ1) is 18.0. The van der Waals surface area contributed by atoms with Gasteiger partial charge in [-0.25, -0.2) is 18.7 Å². The minimum Gasteiger partial charge on any atom is -0.355 e. The van der Waals surface area contributed by atoms with Gasteiger partial charge in [0.05, 0.1) is 16.7 Å². The molecule has 2 aliphatic rings. The number of imidazole rings is 1. The van der Waals surface area contributed by atoms with E-state index in [0.717, 1.165) is 16.7 Å². The fourth-order valence-electron chi connectivity index (χ4n) is 3.94. The molecule has 2 saturated heterocycles. The van der Waals surface area contributed by atoms with Gasteiger partial charge >= 0.3 is 0 Å². The van der Waals surface area contributed by atoms with E-state index in [1.165, 1.54) is 0 Å². The maximum atomic E-state index is 13.5. The molecule has 2 aromatic heterocycles. The molecule has 0 atom stereocenters. The largest absolute Gasteiger partial charge is 0.355 e. The van der Waals surface area contributed by atoms with E-state index in [9.17, 15) is 13.6 Å². The summed E-state index contributed by atoms with van der Waals surface area (Å²) >= 11 is 0. The van der Waals surface area contributed by atoms with E-state index < -0.39 is 5.92 Å². The molecule has 5 rings (SSSR count). The zero-order valence-corrected chi connectivity index (χ0v) is 15.7. The van der Waals surface area contributed by atoms with Crippen molar-refractivity contribution in [1.82, 2.24) is 24.8 Å². The molecular weight excluding hydrogens is 378 g/mol. The van der Waals surface area contributed by atoms with Crippen LogP contribution < -0.4 is 4.90 Å². The number of hydrogen-bond donors (Lipinski definition) is 1. The smallest absolute Gasteiger partial charge is 0.289 e. The fraction of sp³-hybridized carbons (Fsp3) is 0.400. The van der Waals surface area contributed by atoms with Crippen LogP contribution in [0, 0.1) is 0 Å². The number of amides is 1. The van der Waals surface area contributed by atoms with Crippen LogP contribution in [-0.2, 0) is 0 Å². The third kappa shape index (κ3) is 3.30. The van der Waals surface area contributed by atoms with Gasteiger partial charge in [-0.05, 0) is 12.1 Å². The predicted molar refractivity (Wildman–Crippen MR) is 103 cm³/mol. The van der Waals surface area contributed by atoms with E-state index in [0.29, 0.717) is 24.7 Å². The molecule has 3 aromatic rings. The topological polar surface area (TPSA) is 78.0 Å². The number of para-hydroxylation sites is 2. The van der Waals surface area contributed by atoms with Crippen LogP contribution in [0.4, 0.5) is 14.6 Å². The molecule has 0 bridgehead atoms. The van der Waals surface area contributed by atoms with Gasteiger partial charge in [-0.2, -0.15) is 0 Å². The van der Waals surface area contributed by atoms with Gasteiger partial charge in [-0.1, -0.05) is 12.1 Å². The summed E-state index contributed by atoms with van der Waals surface area (Å²) in [7, 11) is 0. The number of aromatic nitrogens is 4. The van der Waals surface area contributed by atoms with Gasteiger partial charge in [0, 0.05) is 57.3 Å². The van der Waals surface area contributed by atoms with Crippen molar-refractivity contribution < 1.29 is 13.6 Å². The number of carbonyl (C=O) groups is 1. The zero-order chi connectivity index (χ0) is 20.0. The third-order valence-corrected chi connectivity index (χ3v) is 5.65. The maximum Gasteiger partial charge on any atom is 0.289 e. The maximum absolute atomic E-state index is 13.5. The molecule has 0 unspecified atom stereocenters. The number of piperidine rings is 1. The highest BCUT2D eigenvalue weighted by Crippen LogP contribution is 2.35. The number of anilines is 1. The molecule has 2 aliphatic heterocycles. The summed E-state index contributed by atoms with van der Waals surface area (Å²) in [6.45, 7) is 1.53. The Morgan fingerprint density at radius 3 is 2.59 bits per heavy atom. The Morgan fingerprint density at radius 2 is 1.83 bits per heavy atom.